The van der Waals surface area contributed by atoms with Crippen LogP contribution in [0.25, 0.3) is 0 Å². The third kappa shape index (κ3) is 2.70. The molecule has 0 spiro atoms. The topological polar surface area (TPSA) is 21.3 Å². The molecular formula is C19H27NO. The van der Waals surface area contributed by atoms with Gasteiger partial charge in [0, 0.05) is 6.04 Å². The van der Waals surface area contributed by atoms with Crippen LogP contribution in [0, 0.1) is 23.7 Å². The van der Waals surface area contributed by atoms with Crippen molar-refractivity contribution in [2.45, 2.75) is 44.6 Å². The Labute approximate surface area is 128 Å². The van der Waals surface area contributed by atoms with Gasteiger partial charge in [-0.1, -0.05) is 12.1 Å². The molecule has 5 rings (SSSR count). The van der Waals surface area contributed by atoms with Gasteiger partial charge < -0.3 is 10.1 Å². The highest BCUT2D eigenvalue weighted by molar-refractivity contribution is 5.27. The van der Waals surface area contributed by atoms with Crippen LogP contribution in [0.3, 0.4) is 0 Å². The Kier molecular flexibility index (Phi) is 3.66. The monoisotopic (exact) mass is 285 g/mol. The van der Waals surface area contributed by atoms with Crippen molar-refractivity contribution in [1.29, 1.82) is 0 Å². The van der Waals surface area contributed by atoms with E-state index in [1.807, 2.05) is 0 Å². The van der Waals surface area contributed by atoms with Gasteiger partial charge in [0.1, 0.15) is 5.75 Å². The fraction of sp³-hybridized carbons (Fsp3) is 0.684. The Hall–Kier alpha value is -1.02. The minimum Gasteiger partial charge on any atom is -0.497 e. The maximum Gasteiger partial charge on any atom is 0.118 e. The normalized spacial score (nSPS) is 36.9. The second-order valence-electron chi connectivity index (χ2n) is 7.51. The van der Waals surface area contributed by atoms with Crippen LogP contribution in [0.4, 0.5) is 0 Å². The number of ether oxygens (including phenoxy) is 1. The summed E-state index contributed by atoms with van der Waals surface area (Å²) >= 11 is 0. The van der Waals surface area contributed by atoms with Crippen molar-refractivity contribution < 1.29 is 4.74 Å². The fourth-order valence-corrected chi connectivity index (χ4v) is 5.43. The lowest BCUT2D eigenvalue weighted by Gasteiger charge is -2.54. The van der Waals surface area contributed by atoms with Gasteiger partial charge >= 0.3 is 0 Å². The molecule has 0 heterocycles. The average Bonchev–Trinajstić information content (AvgIpc) is 2.50. The largest absolute Gasteiger partial charge is 0.497 e. The molecule has 2 nitrogen and oxygen atoms in total. The van der Waals surface area contributed by atoms with Gasteiger partial charge in [-0.25, -0.2) is 0 Å². The van der Waals surface area contributed by atoms with Crippen LogP contribution in [-0.2, 0) is 6.42 Å². The third-order valence-corrected chi connectivity index (χ3v) is 6.18. The molecule has 4 aliphatic carbocycles. The maximum atomic E-state index is 5.22. The molecule has 114 valence electrons. The van der Waals surface area contributed by atoms with Crippen LogP contribution in [0.1, 0.15) is 37.7 Å². The van der Waals surface area contributed by atoms with Gasteiger partial charge in [-0.15, -0.1) is 0 Å². The van der Waals surface area contributed by atoms with E-state index in [1.165, 1.54) is 31.2 Å². The highest BCUT2D eigenvalue weighted by Gasteiger charge is 2.47. The number of nitrogens with one attached hydrogen (secondary N) is 1. The van der Waals surface area contributed by atoms with Crippen LogP contribution in [0.15, 0.2) is 24.3 Å². The van der Waals surface area contributed by atoms with Crippen LogP contribution < -0.4 is 10.1 Å². The number of methoxy groups -OCH3 is 1. The van der Waals surface area contributed by atoms with E-state index < -0.39 is 0 Å². The first-order valence-corrected chi connectivity index (χ1v) is 8.68. The summed E-state index contributed by atoms with van der Waals surface area (Å²) in [6, 6.07) is 9.33. The van der Waals surface area contributed by atoms with Gasteiger partial charge in [0.15, 0.2) is 0 Å². The first-order valence-electron chi connectivity index (χ1n) is 8.68. The molecule has 2 heteroatoms. The predicted octanol–water partition coefficient (Wildman–Crippen LogP) is 3.65. The van der Waals surface area contributed by atoms with Crippen LogP contribution >= 0.6 is 0 Å². The first kappa shape index (κ1) is 13.6. The smallest absolute Gasteiger partial charge is 0.118 e. The molecule has 0 saturated heterocycles. The zero-order chi connectivity index (χ0) is 14.2. The van der Waals surface area contributed by atoms with E-state index in [2.05, 4.69) is 29.6 Å². The molecule has 4 saturated carbocycles. The van der Waals surface area contributed by atoms with Crippen molar-refractivity contribution in [3.63, 3.8) is 0 Å². The number of rotatable bonds is 5. The summed E-state index contributed by atoms with van der Waals surface area (Å²) in [6.45, 7) is 1.12. The van der Waals surface area contributed by atoms with E-state index in [4.69, 9.17) is 4.74 Å². The SMILES string of the molecule is COc1ccc(CCNC2C3CC4CC(C3)CC2C4)cc1. The van der Waals surface area contributed by atoms with Crippen molar-refractivity contribution in [2.75, 3.05) is 13.7 Å². The third-order valence-electron chi connectivity index (χ3n) is 6.18. The van der Waals surface area contributed by atoms with Crippen molar-refractivity contribution in [1.82, 2.24) is 5.32 Å². The Morgan fingerprint density at radius 3 is 2.14 bits per heavy atom. The van der Waals surface area contributed by atoms with Crippen LogP contribution in [0.2, 0.25) is 0 Å². The summed E-state index contributed by atoms with van der Waals surface area (Å²) in [6.07, 6.45) is 8.71. The van der Waals surface area contributed by atoms with E-state index in [0.717, 1.165) is 48.4 Å². The van der Waals surface area contributed by atoms with Crippen molar-refractivity contribution >= 4 is 0 Å². The Morgan fingerprint density at radius 1 is 0.952 bits per heavy atom. The van der Waals surface area contributed by atoms with Gasteiger partial charge in [-0.3, -0.25) is 0 Å². The lowest BCUT2D eigenvalue weighted by molar-refractivity contribution is -0.0133. The zero-order valence-electron chi connectivity index (χ0n) is 13.1. The van der Waals surface area contributed by atoms with Gasteiger partial charge in [-0.05, 0) is 86.4 Å². The Balaban J connectivity index is 1.30. The van der Waals surface area contributed by atoms with Crippen molar-refractivity contribution in [3.05, 3.63) is 29.8 Å². The minimum atomic E-state index is 0.816. The fourth-order valence-electron chi connectivity index (χ4n) is 5.43. The van der Waals surface area contributed by atoms with Gasteiger partial charge in [0.05, 0.1) is 7.11 Å². The average molecular weight is 285 g/mol. The second-order valence-corrected chi connectivity index (χ2v) is 7.51. The molecule has 1 aromatic rings. The lowest BCUT2D eigenvalue weighted by atomic mass is 9.54. The Morgan fingerprint density at radius 2 is 1.57 bits per heavy atom. The molecule has 0 radical (unpaired) electrons. The highest BCUT2D eigenvalue weighted by Crippen LogP contribution is 2.53. The second kappa shape index (κ2) is 5.64. The number of hydrogen-bond acceptors (Lipinski definition) is 2. The number of benzene rings is 1. The summed E-state index contributed by atoms with van der Waals surface area (Å²) in [5.41, 5.74) is 1.41. The van der Waals surface area contributed by atoms with E-state index in [0.29, 0.717) is 0 Å². The lowest BCUT2D eigenvalue weighted by Crippen LogP contribution is -2.54. The summed E-state index contributed by atoms with van der Waals surface area (Å²) < 4.78 is 5.22. The summed E-state index contributed by atoms with van der Waals surface area (Å²) in [4.78, 5) is 0. The van der Waals surface area contributed by atoms with Gasteiger partial charge in [0.25, 0.3) is 0 Å². The standard InChI is InChI=1S/C19H27NO/c1-21-18-4-2-13(3-5-18)6-7-20-19-16-9-14-8-15(11-16)12-17(19)10-14/h2-5,14-17,19-20H,6-12H2,1H3. The molecule has 4 aliphatic rings. The summed E-state index contributed by atoms with van der Waals surface area (Å²) in [5.74, 6) is 5.07. The predicted molar refractivity (Wildman–Crippen MR) is 85.5 cm³/mol. The van der Waals surface area contributed by atoms with E-state index in [9.17, 15) is 0 Å². The van der Waals surface area contributed by atoms with Gasteiger partial charge in [-0.2, -0.15) is 0 Å². The molecule has 0 atom stereocenters. The van der Waals surface area contributed by atoms with Crippen molar-refractivity contribution in [2.24, 2.45) is 23.7 Å². The Bertz CT molecular complexity index is 453. The minimum absolute atomic E-state index is 0.816. The molecule has 4 fully saturated rings. The molecule has 0 unspecified atom stereocenters. The quantitative estimate of drug-likeness (QED) is 0.891. The number of hydrogen-bond donors (Lipinski definition) is 1. The first-order chi connectivity index (χ1) is 10.3. The van der Waals surface area contributed by atoms with Gasteiger partial charge in [0.2, 0.25) is 0 Å². The molecule has 0 aliphatic heterocycles. The summed E-state index contributed by atoms with van der Waals surface area (Å²) in [7, 11) is 1.73. The van der Waals surface area contributed by atoms with E-state index in [-0.39, 0.29) is 0 Å². The summed E-state index contributed by atoms with van der Waals surface area (Å²) in [5, 5.41) is 3.91. The maximum absolute atomic E-state index is 5.22. The molecule has 1 aromatic carbocycles. The van der Waals surface area contributed by atoms with Crippen LogP contribution in [-0.4, -0.2) is 19.7 Å². The molecular weight excluding hydrogens is 258 g/mol. The zero-order valence-corrected chi connectivity index (χ0v) is 13.1. The molecule has 0 amide bonds. The van der Waals surface area contributed by atoms with E-state index in [1.54, 1.807) is 13.5 Å². The highest BCUT2D eigenvalue weighted by atomic mass is 16.5. The molecule has 21 heavy (non-hydrogen) atoms. The van der Waals surface area contributed by atoms with E-state index >= 15 is 0 Å². The molecule has 1 N–H and O–H groups in total. The molecule has 4 bridgehead atoms. The van der Waals surface area contributed by atoms with Crippen LogP contribution in [0.5, 0.6) is 5.75 Å². The van der Waals surface area contributed by atoms with Crippen molar-refractivity contribution in [3.8, 4) is 5.75 Å². The molecule has 0 aromatic heterocycles.